The molecule has 0 saturated heterocycles. The molecule has 0 unspecified atom stereocenters. The molecular weight excluding hydrogens is 1640 g/mol. The first-order chi connectivity index (χ1) is 53.8. The molecule has 784 valence electrons. The number of aliphatic imine (C=N–C) groups is 1. The number of ether oxygens (including phenoxy) is 8. The molecule has 0 aromatic carbocycles. The molecule has 3 aromatic heterocycles. The molecular formula is C116H229N5O11. The van der Waals surface area contributed by atoms with Gasteiger partial charge < -0.3 is 46.7 Å². The van der Waals surface area contributed by atoms with Gasteiger partial charge in [0.25, 0.3) is 0 Å². The van der Waals surface area contributed by atoms with E-state index in [2.05, 4.69) is 393 Å². The van der Waals surface area contributed by atoms with Crippen molar-refractivity contribution in [1.29, 1.82) is 0 Å². The summed E-state index contributed by atoms with van der Waals surface area (Å²) >= 11 is 0. The number of allylic oxidation sites excluding steroid dienone is 10. The van der Waals surface area contributed by atoms with Crippen LogP contribution >= 0.6 is 0 Å². The number of aromatic nitrogens is 4. The zero-order valence-corrected chi connectivity index (χ0v) is 91.3. The van der Waals surface area contributed by atoms with E-state index >= 15 is 0 Å². The lowest BCUT2D eigenvalue weighted by Gasteiger charge is -2.33. The van der Waals surface area contributed by atoms with Gasteiger partial charge in [0.1, 0.15) is 57.6 Å². The predicted octanol–water partition coefficient (Wildman–Crippen LogP) is 37.2. The molecule has 0 atom stereocenters. The van der Waals surface area contributed by atoms with Crippen molar-refractivity contribution in [3.8, 4) is 0 Å². The standard InChI is InChI=1S/C14H26O.C13H24O2.C12H21N.C12H22O.C12H20O.C11H21N3.C11H19NO2.2C11H20O2.9CH4/c1-12(2,3)10-11(13(4,5)6)15-9-14(10,7)8;1-11(2,3)9-10(12(4,5)6)15-13(7,8)14-9;3*1-11(2,3)9-7-8-13-10(9)12(4,5)6;1-10(2,3)8-9(11(4,5)6)14(7)13-12-8;1-10(2,3)7-8(11(4,5)6)14-9(13)12-7;2*1-10(2,3)8-9(11(4,5)6)13-7-12-8;;;;;;;;;/h9H2,1-8H3;1-8H3;8H,7H2,1-6H3;7-8H2,1-6H3;7-8H,1-6H3;1-7H3;1-6H3,(H,12,13);2*7H2,1-6H3;9*1H4. The number of hydrogen-bond acceptors (Lipinski definition) is 14. The second-order valence-electron chi connectivity index (χ2n) is 54.3. The van der Waals surface area contributed by atoms with Crippen molar-refractivity contribution in [2.45, 2.75) is 520 Å². The first-order valence-corrected chi connectivity index (χ1v) is 45.7. The van der Waals surface area contributed by atoms with Crippen molar-refractivity contribution in [2.24, 2.45) is 82.4 Å². The molecule has 9 rings (SSSR count). The maximum absolute atomic E-state index is 11.2. The summed E-state index contributed by atoms with van der Waals surface area (Å²) < 4.78 is 58.2. The van der Waals surface area contributed by atoms with E-state index in [0.717, 1.165) is 83.5 Å². The van der Waals surface area contributed by atoms with Crippen molar-refractivity contribution < 1.29 is 46.7 Å². The third kappa shape index (κ3) is 43.7. The third-order valence-corrected chi connectivity index (χ3v) is 20.5. The minimum Gasteiger partial charge on any atom is -0.497 e. The summed E-state index contributed by atoms with van der Waals surface area (Å²) in [5, 5.41) is 8.38. The lowest BCUT2D eigenvalue weighted by molar-refractivity contribution is -0.135. The summed E-state index contributed by atoms with van der Waals surface area (Å²) in [5.41, 5.74) is 12.1. The first kappa shape index (κ1) is 144. The Kier molecular flexibility index (Phi) is 53.9. The number of furan rings is 1. The lowest BCUT2D eigenvalue weighted by Crippen LogP contribution is -2.26. The Morgan fingerprint density at radius 1 is 0.348 bits per heavy atom. The topological polar surface area (TPSA) is 176 Å². The number of aryl methyl sites for hydroxylation is 1. The Hall–Kier alpha value is -6.06. The van der Waals surface area contributed by atoms with Crippen molar-refractivity contribution >= 4 is 6.21 Å². The Balaban J connectivity index is -0.000000183. The summed E-state index contributed by atoms with van der Waals surface area (Å²) in [6, 6.07) is 2.08. The average molecular weight is 1870 g/mol. The van der Waals surface area contributed by atoms with Gasteiger partial charge in [-0.15, -0.1) is 5.10 Å². The van der Waals surface area contributed by atoms with Crippen LogP contribution in [0.15, 0.2) is 99.4 Å². The molecule has 3 aromatic rings. The van der Waals surface area contributed by atoms with Crippen LogP contribution in [0, 0.1) is 70.4 Å². The van der Waals surface area contributed by atoms with E-state index in [9.17, 15) is 4.79 Å². The van der Waals surface area contributed by atoms with E-state index in [1.165, 1.54) is 45.2 Å². The van der Waals surface area contributed by atoms with Gasteiger partial charge in [0, 0.05) is 127 Å². The molecule has 0 amide bonds. The van der Waals surface area contributed by atoms with Crippen LogP contribution in [0.25, 0.3) is 0 Å². The number of rotatable bonds is 0. The van der Waals surface area contributed by atoms with E-state index < -0.39 is 5.79 Å². The lowest BCUT2D eigenvalue weighted by atomic mass is 9.69. The molecule has 9 heterocycles. The van der Waals surface area contributed by atoms with Gasteiger partial charge in [-0.3, -0.25) is 14.7 Å². The van der Waals surface area contributed by atoms with Crippen LogP contribution in [-0.2, 0) is 77.4 Å². The Morgan fingerprint density at radius 3 is 0.917 bits per heavy atom. The number of oxazole rings is 1. The maximum atomic E-state index is 11.2. The van der Waals surface area contributed by atoms with Crippen molar-refractivity contribution in [3.63, 3.8) is 0 Å². The van der Waals surface area contributed by atoms with E-state index in [1.54, 1.807) is 6.26 Å². The molecule has 0 spiro atoms. The van der Waals surface area contributed by atoms with Crippen LogP contribution in [0.3, 0.4) is 0 Å². The smallest absolute Gasteiger partial charge is 0.416 e. The summed E-state index contributed by atoms with van der Waals surface area (Å²) in [4.78, 5) is 18.5. The molecule has 16 heteroatoms. The van der Waals surface area contributed by atoms with Gasteiger partial charge in [-0.2, -0.15) is 0 Å². The number of aromatic amines is 1. The van der Waals surface area contributed by atoms with Gasteiger partial charge >= 0.3 is 5.76 Å². The van der Waals surface area contributed by atoms with Crippen LogP contribution in [0.2, 0.25) is 0 Å². The second-order valence-corrected chi connectivity index (χ2v) is 54.3. The van der Waals surface area contributed by atoms with Crippen LogP contribution in [0.4, 0.5) is 0 Å². The fraction of sp³-hybridized carbons (Fsp3) is 0.810. The molecule has 0 radical (unpaired) electrons. The van der Waals surface area contributed by atoms with E-state index in [-0.39, 0.29) is 175 Å². The molecule has 0 aliphatic carbocycles. The SMILES string of the molecule is C.C.C.C.C.C.C.C.C.CC(C)(C)C1=C(C(C)(C)C)C(C)(C)CO1.CC(C)(C)C1=C(C(C)(C)C)N=CC1.CC(C)(C)C1=C(C(C)(C)C)OCC1.CC(C)(C)C1=C(C(C)(C)C)OCO1.CC(C)(C)C1=C(C(C)(C)C)OCO1.CC(C)(C)c1[nH]c(=O)oc1C(C)(C)C.CC(C)(C)c1ccoc1C(C)(C)C.CC1(C)OC(C(C)(C)C)=C(C(C)(C)C)O1.Cn1nnc(C(C)(C)C)c1C(C)(C)C. The maximum Gasteiger partial charge on any atom is 0.416 e. The average Bonchev–Trinajstić information content (AvgIpc) is 1.61. The molecule has 0 saturated carbocycles. The van der Waals surface area contributed by atoms with Gasteiger partial charge in [0.2, 0.25) is 19.4 Å². The highest BCUT2D eigenvalue weighted by atomic mass is 16.7. The van der Waals surface area contributed by atoms with E-state index in [4.69, 9.17) is 46.7 Å². The Labute approximate surface area is 822 Å². The first-order valence-electron chi connectivity index (χ1n) is 45.7. The van der Waals surface area contributed by atoms with Gasteiger partial charge in [-0.25, -0.2) is 4.79 Å². The van der Waals surface area contributed by atoms with E-state index in [1.807, 2.05) is 52.6 Å². The molecule has 6 aliphatic rings. The predicted molar refractivity (Wildman–Crippen MR) is 581 cm³/mol. The summed E-state index contributed by atoms with van der Waals surface area (Å²) in [5.74, 6) is 9.39. The molecule has 132 heavy (non-hydrogen) atoms. The zero-order chi connectivity index (χ0) is 97.8. The van der Waals surface area contributed by atoms with Gasteiger partial charge in [0.05, 0.1) is 36.6 Å². The fourth-order valence-corrected chi connectivity index (χ4v) is 15.1. The molecule has 6 aliphatic heterocycles. The monoisotopic (exact) mass is 1870 g/mol. The highest BCUT2D eigenvalue weighted by Gasteiger charge is 2.47. The fourth-order valence-electron chi connectivity index (χ4n) is 15.1. The minimum atomic E-state index is -0.523. The number of nitrogens with zero attached hydrogens (tertiary/aromatic N) is 4. The van der Waals surface area contributed by atoms with Crippen molar-refractivity contribution in [3.05, 3.63) is 126 Å². The highest BCUT2D eigenvalue weighted by Crippen LogP contribution is 2.53. The Morgan fingerprint density at radius 2 is 0.689 bits per heavy atom. The molecule has 16 nitrogen and oxygen atoms in total. The molecule has 0 bridgehead atoms. The minimum absolute atomic E-state index is 0. The van der Waals surface area contributed by atoms with Crippen molar-refractivity contribution in [1.82, 2.24) is 20.0 Å². The normalized spacial score (nSPS) is 16.4. The van der Waals surface area contributed by atoms with Crippen LogP contribution in [-0.4, -0.2) is 58.8 Å². The summed E-state index contributed by atoms with van der Waals surface area (Å²) in [6.07, 6.45) is 5.98. The Bertz CT molecular complexity index is 3900. The van der Waals surface area contributed by atoms with Crippen LogP contribution < -0.4 is 5.76 Å². The zero-order valence-electron chi connectivity index (χ0n) is 91.3. The highest BCUT2D eigenvalue weighted by molar-refractivity contribution is 5.68. The van der Waals surface area contributed by atoms with Gasteiger partial charge in [-0.1, -0.05) is 460 Å². The van der Waals surface area contributed by atoms with Crippen molar-refractivity contribution in [2.75, 3.05) is 26.8 Å². The summed E-state index contributed by atoms with van der Waals surface area (Å²) in [6.45, 7) is 129. The van der Waals surface area contributed by atoms with E-state index in [0.29, 0.717) is 13.6 Å². The molecule has 1 N–H and O–H groups in total. The number of hydrogen-bond donors (Lipinski definition) is 1. The largest absolute Gasteiger partial charge is 0.497 e. The number of H-pyrrole nitrogens is 1. The van der Waals surface area contributed by atoms with Gasteiger partial charge in [-0.05, 0) is 50.0 Å². The second kappa shape index (κ2) is 49.5. The number of nitrogens with one attached hydrogen (secondary N) is 1. The van der Waals surface area contributed by atoms with Crippen LogP contribution in [0.5, 0.6) is 0 Å². The summed E-state index contributed by atoms with van der Waals surface area (Å²) in [7, 11) is 1.96. The molecule has 0 fully saturated rings. The van der Waals surface area contributed by atoms with Gasteiger partial charge in [0.15, 0.2) is 0 Å². The van der Waals surface area contributed by atoms with Crippen LogP contribution in [0.1, 0.15) is 515 Å². The quantitative estimate of drug-likeness (QED) is 0.225. The third-order valence-electron chi connectivity index (χ3n) is 20.5.